The van der Waals surface area contributed by atoms with E-state index in [0.29, 0.717) is 24.9 Å². The molecule has 1 unspecified atom stereocenters. The van der Waals surface area contributed by atoms with E-state index in [9.17, 15) is 4.79 Å². The van der Waals surface area contributed by atoms with Gasteiger partial charge in [0.2, 0.25) is 5.89 Å². The number of carboxylic acids is 1. The molecule has 1 aliphatic rings. The van der Waals surface area contributed by atoms with Gasteiger partial charge in [-0.2, -0.15) is 4.98 Å². The molecule has 2 rings (SSSR count). The van der Waals surface area contributed by atoms with Gasteiger partial charge in [0.25, 0.3) is 0 Å². The minimum absolute atomic E-state index is 0.00878. The summed E-state index contributed by atoms with van der Waals surface area (Å²) in [6.45, 7) is 3.31. The van der Waals surface area contributed by atoms with Gasteiger partial charge in [-0.15, -0.1) is 0 Å². The Morgan fingerprint density at radius 1 is 1.62 bits per heavy atom. The van der Waals surface area contributed by atoms with Crippen molar-refractivity contribution in [1.29, 1.82) is 0 Å². The number of aryl methyl sites for hydroxylation is 1. The molecular weight excluding hydrogens is 212 g/mol. The van der Waals surface area contributed by atoms with E-state index >= 15 is 0 Å². The van der Waals surface area contributed by atoms with Crippen LogP contribution in [-0.4, -0.2) is 34.4 Å². The zero-order chi connectivity index (χ0) is 11.6. The van der Waals surface area contributed by atoms with Crippen LogP contribution in [0.3, 0.4) is 0 Å². The number of carboxylic acid groups (broad SMARTS) is 1. The second-order valence-electron chi connectivity index (χ2n) is 4.27. The topological polar surface area (TPSA) is 85.5 Å². The molecule has 1 fully saturated rings. The van der Waals surface area contributed by atoms with Gasteiger partial charge >= 0.3 is 5.97 Å². The fraction of sp³-hybridized carbons (Fsp3) is 0.700. The first-order valence-corrected chi connectivity index (χ1v) is 5.23. The molecule has 0 amide bonds. The smallest absolute Gasteiger partial charge is 0.303 e. The molecule has 0 aliphatic carbocycles. The van der Waals surface area contributed by atoms with Crippen molar-refractivity contribution >= 4 is 5.97 Å². The van der Waals surface area contributed by atoms with Gasteiger partial charge in [-0.1, -0.05) is 5.16 Å². The second-order valence-corrected chi connectivity index (χ2v) is 4.27. The molecule has 6 heteroatoms. The predicted octanol–water partition coefficient (Wildman–Crippen LogP) is 0.765. The van der Waals surface area contributed by atoms with Gasteiger partial charge in [-0.25, -0.2) is 0 Å². The largest absolute Gasteiger partial charge is 0.481 e. The molecule has 1 aromatic rings. The molecule has 1 aromatic heterocycles. The van der Waals surface area contributed by atoms with E-state index in [2.05, 4.69) is 10.1 Å². The van der Waals surface area contributed by atoms with Crippen LogP contribution >= 0.6 is 0 Å². The normalized spacial score (nSPS) is 24.8. The Balaban J connectivity index is 2.04. The summed E-state index contributed by atoms with van der Waals surface area (Å²) in [6, 6.07) is 0. The van der Waals surface area contributed by atoms with Crippen molar-refractivity contribution in [2.24, 2.45) is 0 Å². The molecule has 88 valence electrons. The van der Waals surface area contributed by atoms with Crippen LogP contribution < -0.4 is 0 Å². The Morgan fingerprint density at radius 2 is 2.44 bits per heavy atom. The van der Waals surface area contributed by atoms with Crippen LogP contribution in [0.2, 0.25) is 0 Å². The highest BCUT2D eigenvalue weighted by Crippen LogP contribution is 2.30. The minimum atomic E-state index is -0.866. The number of nitrogens with zero attached hydrogens (tertiary/aromatic N) is 2. The van der Waals surface area contributed by atoms with Crippen LogP contribution in [0.5, 0.6) is 0 Å². The van der Waals surface area contributed by atoms with Crippen molar-refractivity contribution in [3.63, 3.8) is 0 Å². The maximum absolute atomic E-state index is 10.4. The molecule has 0 aromatic carbocycles. The molecule has 0 bridgehead atoms. The van der Waals surface area contributed by atoms with Gasteiger partial charge in [0.15, 0.2) is 5.82 Å². The lowest BCUT2D eigenvalue weighted by molar-refractivity contribution is -0.137. The van der Waals surface area contributed by atoms with E-state index in [1.165, 1.54) is 0 Å². The van der Waals surface area contributed by atoms with E-state index in [0.717, 1.165) is 6.42 Å². The first kappa shape index (κ1) is 11.1. The minimum Gasteiger partial charge on any atom is -0.481 e. The van der Waals surface area contributed by atoms with Crippen LogP contribution in [-0.2, 0) is 21.4 Å². The van der Waals surface area contributed by atoms with Crippen molar-refractivity contribution in [2.75, 3.05) is 13.2 Å². The van der Waals surface area contributed by atoms with E-state index in [1.54, 1.807) is 0 Å². The second kappa shape index (κ2) is 4.21. The quantitative estimate of drug-likeness (QED) is 0.815. The lowest BCUT2D eigenvalue weighted by atomic mass is 9.89. The van der Waals surface area contributed by atoms with Crippen LogP contribution in [0.1, 0.15) is 31.5 Å². The average molecular weight is 226 g/mol. The molecule has 2 heterocycles. The summed E-state index contributed by atoms with van der Waals surface area (Å²) in [5.41, 5.74) is -0.190. The highest BCUT2D eigenvalue weighted by molar-refractivity contribution is 5.66. The highest BCUT2D eigenvalue weighted by Gasteiger charge is 2.36. The lowest BCUT2D eigenvalue weighted by Crippen LogP contribution is -2.23. The lowest BCUT2D eigenvalue weighted by Gasteiger charge is -2.15. The van der Waals surface area contributed by atoms with Crippen molar-refractivity contribution in [3.05, 3.63) is 11.7 Å². The molecule has 1 atom stereocenters. The van der Waals surface area contributed by atoms with Gasteiger partial charge in [0, 0.05) is 13.0 Å². The van der Waals surface area contributed by atoms with Gasteiger partial charge in [0.1, 0.15) is 0 Å². The summed E-state index contributed by atoms with van der Waals surface area (Å²) >= 11 is 0. The molecule has 0 spiro atoms. The Morgan fingerprint density at radius 3 is 3.06 bits per heavy atom. The number of carbonyl (C=O) groups is 1. The van der Waals surface area contributed by atoms with Gasteiger partial charge in [-0.3, -0.25) is 4.79 Å². The highest BCUT2D eigenvalue weighted by atomic mass is 16.5. The van der Waals surface area contributed by atoms with Crippen molar-refractivity contribution in [1.82, 2.24) is 10.1 Å². The third-order valence-electron chi connectivity index (χ3n) is 2.78. The van der Waals surface area contributed by atoms with E-state index in [-0.39, 0.29) is 18.3 Å². The summed E-state index contributed by atoms with van der Waals surface area (Å²) in [7, 11) is 0. The SMILES string of the molecule is CC1(c2noc(CCC(=O)O)n2)CCOC1. The Labute approximate surface area is 92.6 Å². The van der Waals surface area contributed by atoms with Crippen molar-refractivity contribution in [3.8, 4) is 0 Å². The fourth-order valence-corrected chi connectivity index (χ4v) is 1.66. The molecule has 16 heavy (non-hydrogen) atoms. The van der Waals surface area contributed by atoms with Gasteiger partial charge in [-0.05, 0) is 13.3 Å². The van der Waals surface area contributed by atoms with Crippen LogP contribution in [0.25, 0.3) is 0 Å². The number of rotatable bonds is 4. The summed E-state index contributed by atoms with van der Waals surface area (Å²) in [4.78, 5) is 14.6. The molecule has 1 N–H and O–H groups in total. The Hall–Kier alpha value is -1.43. The van der Waals surface area contributed by atoms with Crippen molar-refractivity contribution in [2.45, 2.75) is 31.6 Å². The number of aromatic nitrogens is 2. The molecule has 6 nitrogen and oxygen atoms in total. The van der Waals surface area contributed by atoms with Crippen LogP contribution in [0.15, 0.2) is 4.52 Å². The number of aliphatic carboxylic acids is 1. The summed E-state index contributed by atoms with van der Waals surface area (Å²) in [5, 5.41) is 12.4. The van der Waals surface area contributed by atoms with Crippen LogP contribution in [0, 0.1) is 0 Å². The van der Waals surface area contributed by atoms with E-state index in [4.69, 9.17) is 14.4 Å². The monoisotopic (exact) mass is 226 g/mol. The zero-order valence-corrected chi connectivity index (χ0v) is 9.10. The van der Waals surface area contributed by atoms with Gasteiger partial charge in [0.05, 0.1) is 18.4 Å². The fourth-order valence-electron chi connectivity index (χ4n) is 1.66. The van der Waals surface area contributed by atoms with Crippen molar-refractivity contribution < 1.29 is 19.2 Å². The summed E-state index contributed by atoms with van der Waals surface area (Å²) in [6.07, 6.45) is 1.15. The number of hydrogen-bond donors (Lipinski definition) is 1. The van der Waals surface area contributed by atoms with E-state index < -0.39 is 5.97 Å². The number of ether oxygens (including phenoxy) is 1. The number of hydrogen-bond acceptors (Lipinski definition) is 5. The first-order chi connectivity index (χ1) is 7.60. The summed E-state index contributed by atoms with van der Waals surface area (Å²) in [5.74, 6) is 0.131. The van der Waals surface area contributed by atoms with Crippen LogP contribution in [0.4, 0.5) is 0 Å². The average Bonchev–Trinajstić information content (AvgIpc) is 2.84. The maximum atomic E-state index is 10.4. The Bertz CT molecular complexity index is 382. The van der Waals surface area contributed by atoms with Gasteiger partial charge < -0.3 is 14.4 Å². The molecule has 0 saturated carbocycles. The zero-order valence-electron chi connectivity index (χ0n) is 9.10. The third-order valence-corrected chi connectivity index (χ3v) is 2.78. The van der Waals surface area contributed by atoms with E-state index in [1.807, 2.05) is 6.92 Å². The maximum Gasteiger partial charge on any atom is 0.303 e. The molecule has 0 radical (unpaired) electrons. The summed E-state index contributed by atoms with van der Waals surface area (Å²) < 4.78 is 10.3. The first-order valence-electron chi connectivity index (χ1n) is 5.23. The molecular formula is C10H14N2O4. The molecule has 1 aliphatic heterocycles. The third kappa shape index (κ3) is 2.21. The molecule has 1 saturated heterocycles. The standard InChI is InChI=1S/C10H14N2O4/c1-10(4-5-15-6-10)9-11-7(16-12-9)2-3-8(13)14/h2-6H2,1H3,(H,13,14). The predicted molar refractivity (Wildman–Crippen MR) is 53.0 cm³/mol. The Kier molecular flexibility index (Phi) is 2.91.